The van der Waals surface area contributed by atoms with Crippen molar-refractivity contribution in [3.63, 3.8) is 0 Å². The summed E-state index contributed by atoms with van der Waals surface area (Å²) in [6, 6.07) is 0. The van der Waals surface area contributed by atoms with E-state index in [1.807, 2.05) is 6.92 Å². The van der Waals surface area contributed by atoms with Gasteiger partial charge in [0.05, 0.1) is 0 Å². The predicted molar refractivity (Wildman–Crippen MR) is 130 cm³/mol. The molecular weight excluding hydrogens is 444 g/mol. The molecule has 0 aliphatic heterocycles. The van der Waals surface area contributed by atoms with E-state index in [4.69, 9.17) is 22.9 Å². The fourth-order valence-electron chi connectivity index (χ4n) is 2.52. The number of rotatable bonds is 13. The Morgan fingerprint density at radius 3 is 1.00 bits per heavy atom. The number of anilines is 9. The van der Waals surface area contributed by atoms with Gasteiger partial charge in [-0.15, -0.1) is 0 Å². The molecule has 18 nitrogen and oxygen atoms in total. The van der Waals surface area contributed by atoms with Crippen LogP contribution in [0.4, 0.5) is 53.5 Å². The summed E-state index contributed by atoms with van der Waals surface area (Å²) in [6.45, 7) is 4.57. The van der Waals surface area contributed by atoms with E-state index >= 15 is 0 Å². The summed E-state index contributed by atoms with van der Waals surface area (Å²) in [6.07, 6.45) is 0.935. The number of aromatic nitrogens is 9. The van der Waals surface area contributed by atoms with Crippen LogP contribution in [0.25, 0.3) is 0 Å². The van der Waals surface area contributed by atoms with Crippen LogP contribution in [0, 0.1) is 0 Å². The lowest BCUT2D eigenvalue weighted by atomic mass is 10.5. The monoisotopic (exact) mass is 472 g/mol. The molecule has 0 unspecified atom stereocenters. The fourth-order valence-corrected chi connectivity index (χ4v) is 2.52. The van der Waals surface area contributed by atoms with E-state index in [0.29, 0.717) is 50.0 Å². The molecular formula is C16H28N18. The van der Waals surface area contributed by atoms with Gasteiger partial charge in [-0.1, -0.05) is 6.92 Å². The number of hydrogen-bond donors (Lipinski definition) is 9. The van der Waals surface area contributed by atoms with Gasteiger partial charge in [0.15, 0.2) is 0 Å². The summed E-state index contributed by atoms with van der Waals surface area (Å²) < 4.78 is 0. The van der Waals surface area contributed by atoms with Crippen LogP contribution in [0.3, 0.4) is 0 Å². The van der Waals surface area contributed by atoms with Gasteiger partial charge in [0, 0.05) is 32.7 Å². The van der Waals surface area contributed by atoms with Crippen LogP contribution >= 0.6 is 0 Å². The molecule has 3 heterocycles. The molecule has 0 aliphatic carbocycles. The number of nitrogen functional groups attached to an aromatic ring is 4. The van der Waals surface area contributed by atoms with E-state index in [-0.39, 0.29) is 29.7 Å². The van der Waals surface area contributed by atoms with Crippen LogP contribution in [0.15, 0.2) is 0 Å². The number of nitrogens with one attached hydrogen (secondary N) is 5. The first-order valence-corrected chi connectivity index (χ1v) is 10.4. The third-order valence-corrected chi connectivity index (χ3v) is 3.89. The van der Waals surface area contributed by atoms with Crippen molar-refractivity contribution >= 4 is 53.5 Å². The van der Waals surface area contributed by atoms with Crippen LogP contribution in [0.1, 0.15) is 13.3 Å². The van der Waals surface area contributed by atoms with E-state index in [0.717, 1.165) is 13.0 Å². The third kappa shape index (κ3) is 7.73. The van der Waals surface area contributed by atoms with Crippen molar-refractivity contribution in [2.45, 2.75) is 13.3 Å². The maximum Gasteiger partial charge on any atom is 0.229 e. The summed E-state index contributed by atoms with van der Waals surface area (Å²) >= 11 is 0. The van der Waals surface area contributed by atoms with E-state index in [1.54, 1.807) is 0 Å². The molecule has 0 aliphatic rings. The van der Waals surface area contributed by atoms with Crippen molar-refractivity contribution in [2.75, 3.05) is 82.2 Å². The second-order valence-corrected chi connectivity index (χ2v) is 6.69. The molecule has 3 aromatic rings. The first kappa shape index (κ1) is 23.9. The highest BCUT2D eigenvalue weighted by Gasteiger charge is 2.06. The van der Waals surface area contributed by atoms with Gasteiger partial charge in [-0.3, -0.25) is 0 Å². The highest BCUT2D eigenvalue weighted by molar-refractivity contribution is 5.42. The van der Waals surface area contributed by atoms with E-state index in [2.05, 4.69) is 71.4 Å². The smallest absolute Gasteiger partial charge is 0.229 e. The van der Waals surface area contributed by atoms with Gasteiger partial charge in [0.1, 0.15) is 0 Å². The average Bonchev–Trinajstić information content (AvgIpc) is 2.77. The summed E-state index contributed by atoms with van der Waals surface area (Å²) in [4.78, 5) is 36.3. The van der Waals surface area contributed by atoms with Crippen molar-refractivity contribution in [1.82, 2.24) is 44.9 Å². The van der Waals surface area contributed by atoms with Crippen LogP contribution < -0.4 is 49.5 Å². The Kier molecular flexibility index (Phi) is 8.25. The summed E-state index contributed by atoms with van der Waals surface area (Å²) in [7, 11) is 0. The van der Waals surface area contributed by atoms with Gasteiger partial charge in [0.2, 0.25) is 53.5 Å². The zero-order valence-corrected chi connectivity index (χ0v) is 18.6. The van der Waals surface area contributed by atoms with Crippen LogP contribution in [0.5, 0.6) is 0 Å². The summed E-state index contributed by atoms with van der Waals surface area (Å²) in [5, 5.41) is 15.2. The molecule has 3 aromatic heterocycles. The van der Waals surface area contributed by atoms with E-state index < -0.39 is 0 Å². The zero-order valence-electron chi connectivity index (χ0n) is 18.6. The molecule has 0 radical (unpaired) electrons. The van der Waals surface area contributed by atoms with Gasteiger partial charge in [0.25, 0.3) is 0 Å². The maximum absolute atomic E-state index is 5.78. The normalized spacial score (nSPS) is 10.5. The zero-order chi connectivity index (χ0) is 24.3. The van der Waals surface area contributed by atoms with Gasteiger partial charge in [-0.2, -0.15) is 44.9 Å². The number of nitrogens with zero attached hydrogens (tertiary/aromatic N) is 9. The van der Waals surface area contributed by atoms with E-state index in [1.165, 1.54) is 0 Å². The molecule has 0 saturated heterocycles. The molecule has 182 valence electrons. The van der Waals surface area contributed by atoms with E-state index in [9.17, 15) is 0 Å². The van der Waals surface area contributed by atoms with Crippen molar-refractivity contribution in [3.05, 3.63) is 0 Å². The predicted octanol–water partition coefficient (Wildman–Crippen LogP) is -1.56. The lowest BCUT2D eigenvalue weighted by Crippen LogP contribution is -2.20. The van der Waals surface area contributed by atoms with Crippen LogP contribution in [-0.4, -0.2) is 77.6 Å². The van der Waals surface area contributed by atoms with Crippen molar-refractivity contribution in [1.29, 1.82) is 0 Å². The largest absolute Gasteiger partial charge is 0.368 e. The Hall–Kier alpha value is -4.77. The molecule has 0 aromatic carbocycles. The molecule has 0 amide bonds. The lowest BCUT2D eigenvalue weighted by Gasteiger charge is -2.10. The minimum Gasteiger partial charge on any atom is -0.368 e. The standard InChI is InChI=1S/C16H28N18/c1-2-3-21-13-29-10(19)30-14(33-13)24-6-7-25-16-32-11(20)31-15(34-16)23-5-4-22-12-27-8(17)26-9(18)28-12/h2-7H2,1H3,(H5,17,18,22,26,27,28)(H4,19,21,24,29,30,33)(H4,20,23,25,31,32,34). The minimum atomic E-state index is 0.0333. The van der Waals surface area contributed by atoms with Gasteiger partial charge < -0.3 is 49.5 Å². The van der Waals surface area contributed by atoms with Gasteiger partial charge in [-0.25, -0.2) is 0 Å². The average molecular weight is 473 g/mol. The molecule has 13 N–H and O–H groups in total. The molecule has 18 heteroatoms. The highest BCUT2D eigenvalue weighted by Crippen LogP contribution is 2.08. The topological polar surface area (TPSA) is 280 Å². The minimum absolute atomic E-state index is 0.0333. The quantitative estimate of drug-likeness (QED) is 0.127. The Bertz CT molecular complexity index is 1050. The first-order chi connectivity index (χ1) is 16.4. The first-order valence-electron chi connectivity index (χ1n) is 10.4. The summed E-state index contributed by atoms with van der Waals surface area (Å²) in [5.41, 5.74) is 22.6. The Morgan fingerprint density at radius 2 is 0.676 bits per heavy atom. The van der Waals surface area contributed by atoms with Crippen LogP contribution in [-0.2, 0) is 0 Å². The van der Waals surface area contributed by atoms with Crippen LogP contribution in [0.2, 0.25) is 0 Å². The Balaban J connectivity index is 1.44. The molecule has 3 rings (SSSR count). The maximum atomic E-state index is 5.78. The fraction of sp³-hybridized carbons (Fsp3) is 0.438. The van der Waals surface area contributed by atoms with Gasteiger partial charge in [-0.05, 0) is 6.42 Å². The molecule has 34 heavy (non-hydrogen) atoms. The second kappa shape index (κ2) is 11.7. The summed E-state index contributed by atoms with van der Waals surface area (Å²) in [5.74, 6) is 1.92. The highest BCUT2D eigenvalue weighted by atomic mass is 15.3. The molecule has 0 spiro atoms. The molecule has 0 bridgehead atoms. The third-order valence-electron chi connectivity index (χ3n) is 3.89. The Morgan fingerprint density at radius 1 is 0.412 bits per heavy atom. The number of nitrogens with two attached hydrogens (primary N) is 4. The molecule has 0 atom stereocenters. The van der Waals surface area contributed by atoms with Crippen molar-refractivity contribution in [2.24, 2.45) is 0 Å². The van der Waals surface area contributed by atoms with Crippen molar-refractivity contribution < 1.29 is 0 Å². The van der Waals surface area contributed by atoms with Crippen molar-refractivity contribution in [3.8, 4) is 0 Å². The SMILES string of the molecule is CCCNc1nc(N)nc(NCCNc2nc(N)nc(NCCNc3nc(N)nc(N)n3)n2)n1. The Labute approximate surface area is 194 Å². The second-order valence-electron chi connectivity index (χ2n) is 6.69. The van der Waals surface area contributed by atoms with Gasteiger partial charge >= 0.3 is 0 Å². The molecule has 0 saturated carbocycles. The number of hydrogen-bond acceptors (Lipinski definition) is 18. The lowest BCUT2D eigenvalue weighted by molar-refractivity contribution is 0.931. The molecule has 0 fully saturated rings.